The van der Waals surface area contributed by atoms with E-state index in [1.54, 1.807) is 4.57 Å². The Morgan fingerprint density at radius 1 is 1.42 bits per heavy atom. The Balaban J connectivity index is 2.30. The number of nitrogens with zero attached hydrogens (tertiary/aromatic N) is 3. The van der Waals surface area contributed by atoms with Crippen LogP contribution in [0.3, 0.4) is 0 Å². The van der Waals surface area contributed by atoms with E-state index in [2.05, 4.69) is 10.3 Å². The van der Waals surface area contributed by atoms with Crippen LogP contribution in [0.2, 0.25) is 0 Å². The number of carbonyl (C=O) groups is 1. The molecule has 1 atom stereocenters. The maximum Gasteiger partial charge on any atom is 0.341 e. The van der Waals surface area contributed by atoms with E-state index in [0.717, 1.165) is 6.07 Å². The second-order valence-electron chi connectivity index (χ2n) is 7.68. The Bertz CT molecular complexity index is 933. The third kappa shape index (κ3) is 3.16. The highest BCUT2D eigenvalue weighted by molar-refractivity contribution is 5.92. The summed E-state index contributed by atoms with van der Waals surface area (Å²) in [5, 5.41) is 12.6. The molecule has 3 rings (SSSR count). The highest BCUT2D eigenvalue weighted by Crippen LogP contribution is 2.26. The molecule has 1 aliphatic heterocycles. The van der Waals surface area contributed by atoms with E-state index < -0.39 is 28.3 Å². The maximum absolute atomic E-state index is 14.8. The Morgan fingerprint density at radius 3 is 2.69 bits per heavy atom. The molecule has 8 heteroatoms. The molecular formula is C18H23FN4O3. The van der Waals surface area contributed by atoms with E-state index in [4.69, 9.17) is 0 Å². The zero-order chi connectivity index (χ0) is 19.2. The lowest BCUT2D eigenvalue weighted by Crippen LogP contribution is -2.49. The van der Waals surface area contributed by atoms with Crippen LogP contribution in [0.1, 0.15) is 38.1 Å². The normalized spacial score (nSPS) is 18.3. The van der Waals surface area contributed by atoms with E-state index in [1.165, 1.54) is 6.20 Å². The van der Waals surface area contributed by atoms with Crippen LogP contribution in [-0.2, 0) is 5.54 Å². The van der Waals surface area contributed by atoms with Crippen LogP contribution >= 0.6 is 0 Å². The molecule has 0 saturated carbocycles. The van der Waals surface area contributed by atoms with Crippen LogP contribution in [0.5, 0.6) is 0 Å². The first-order valence-corrected chi connectivity index (χ1v) is 8.57. The van der Waals surface area contributed by atoms with Gasteiger partial charge in [-0.3, -0.25) is 4.79 Å². The fourth-order valence-electron chi connectivity index (χ4n) is 3.22. The SMILES string of the molecule is C[C@H]1CN(c2nc3c(cc2F)c(=O)c(C(=O)O)cn3C(C)(C)C)CCN1. The number of nitrogens with one attached hydrogen (secondary N) is 1. The van der Waals surface area contributed by atoms with Crippen molar-refractivity contribution in [1.82, 2.24) is 14.9 Å². The Morgan fingerprint density at radius 2 is 2.12 bits per heavy atom. The summed E-state index contributed by atoms with van der Waals surface area (Å²) in [6.45, 7) is 9.55. The summed E-state index contributed by atoms with van der Waals surface area (Å²) >= 11 is 0. The summed E-state index contributed by atoms with van der Waals surface area (Å²) in [6.07, 6.45) is 1.29. The van der Waals surface area contributed by atoms with Gasteiger partial charge in [0.1, 0.15) is 11.2 Å². The Hall–Kier alpha value is -2.48. The fraction of sp³-hybridized carbons (Fsp3) is 0.500. The number of hydrogen-bond acceptors (Lipinski definition) is 5. The van der Waals surface area contributed by atoms with E-state index >= 15 is 0 Å². The summed E-state index contributed by atoms with van der Waals surface area (Å²) in [5.74, 6) is -1.77. The largest absolute Gasteiger partial charge is 0.477 e. The molecular weight excluding hydrogens is 339 g/mol. The van der Waals surface area contributed by atoms with Crippen molar-refractivity contribution >= 4 is 22.8 Å². The lowest BCUT2D eigenvalue weighted by atomic mass is 10.1. The molecule has 0 amide bonds. The summed E-state index contributed by atoms with van der Waals surface area (Å²) in [7, 11) is 0. The van der Waals surface area contributed by atoms with Gasteiger partial charge >= 0.3 is 5.97 Å². The molecule has 26 heavy (non-hydrogen) atoms. The molecule has 140 valence electrons. The number of aromatic nitrogens is 2. The minimum atomic E-state index is -1.34. The van der Waals surface area contributed by atoms with Gasteiger partial charge in [0.05, 0.1) is 5.39 Å². The van der Waals surface area contributed by atoms with E-state index in [1.807, 2.05) is 32.6 Å². The van der Waals surface area contributed by atoms with Gasteiger partial charge in [0.25, 0.3) is 0 Å². The molecule has 0 aliphatic carbocycles. The summed E-state index contributed by atoms with van der Waals surface area (Å²) in [5.41, 5.74) is -1.36. The molecule has 1 fully saturated rings. The van der Waals surface area contributed by atoms with Gasteiger partial charge < -0.3 is 19.9 Å². The van der Waals surface area contributed by atoms with Gasteiger partial charge in [-0.15, -0.1) is 0 Å². The molecule has 2 aromatic rings. The molecule has 0 spiro atoms. The first-order valence-electron chi connectivity index (χ1n) is 8.57. The predicted octanol–water partition coefficient (Wildman–Crippen LogP) is 1.79. The van der Waals surface area contributed by atoms with Crippen molar-refractivity contribution in [2.45, 2.75) is 39.3 Å². The van der Waals surface area contributed by atoms with Gasteiger partial charge in [0, 0.05) is 37.4 Å². The quantitative estimate of drug-likeness (QED) is 0.847. The minimum absolute atomic E-state index is 0.0238. The van der Waals surface area contributed by atoms with E-state index in [9.17, 15) is 19.1 Å². The number of halogens is 1. The van der Waals surface area contributed by atoms with Crippen molar-refractivity contribution in [3.05, 3.63) is 33.9 Å². The maximum atomic E-state index is 14.8. The molecule has 1 saturated heterocycles. The monoisotopic (exact) mass is 362 g/mol. The number of carboxylic acids is 1. The van der Waals surface area contributed by atoms with Crippen molar-refractivity contribution in [1.29, 1.82) is 0 Å². The van der Waals surface area contributed by atoms with Gasteiger partial charge in [0.15, 0.2) is 11.6 Å². The molecule has 1 aliphatic rings. The van der Waals surface area contributed by atoms with Gasteiger partial charge in [-0.05, 0) is 33.8 Å². The number of aromatic carboxylic acids is 1. The highest BCUT2D eigenvalue weighted by atomic mass is 19.1. The molecule has 3 heterocycles. The lowest BCUT2D eigenvalue weighted by molar-refractivity contribution is 0.0694. The molecule has 2 aromatic heterocycles. The molecule has 0 aromatic carbocycles. The third-order valence-electron chi connectivity index (χ3n) is 4.53. The second kappa shape index (κ2) is 6.35. The van der Waals surface area contributed by atoms with Crippen LogP contribution in [0, 0.1) is 5.82 Å². The predicted molar refractivity (Wildman–Crippen MR) is 97.6 cm³/mol. The Kier molecular flexibility index (Phi) is 4.47. The number of hydrogen-bond donors (Lipinski definition) is 2. The number of piperazine rings is 1. The first-order chi connectivity index (χ1) is 12.1. The van der Waals surface area contributed by atoms with Gasteiger partial charge in [-0.2, -0.15) is 0 Å². The van der Waals surface area contributed by atoms with Gasteiger partial charge in [-0.25, -0.2) is 14.2 Å². The number of fused-ring (bicyclic) bond motifs is 1. The topological polar surface area (TPSA) is 87.5 Å². The number of pyridine rings is 2. The van der Waals surface area contributed by atoms with Crippen molar-refractivity contribution in [2.75, 3.05) is 24.5 Å². The summed E-state index contributed by atoms with van der Waals surface area (Å²) < 4.78 is 16.4. The fourth-order valence-corrected chi connectivity index (χ4v) is 3.22. The van der Waals surface area contributed by atoms with Crippen molar-refractivity contribution in [3.8, 4) is 0 Å². The van der Waals surface area contributed by atoms with Crippen molar-refractivity contribution in [2.24, 2.45) is 0 Å². The molecule has 0 bridgehead atoms. The molecule has 2 N–H and O–H groups in total. The van der Waals surface area contributed by atoms with Crippen LogP contribution in [0.15, 0.2) is 17.1 Å². The average Bonchev–Trinajstić information content (AvgIpc) is 2.53. The zero-order valence-electron chi connectivity index (χ0n) is 15.3. The van der Waals surface area contributed by atoms with Gasteiger partial charge in [0.2, 0.25) is 5.43 Å². The van der Waals surface area contributed by atoms with Crippen molar-refractivity contribution < 1.29 is 14.3 Å². The second-order valence-corrected chi connectivity index (χ2v) is 7.68. The van der Waals surface area contributed by atoms with E-state index in [-0.39, 0.29) is 22.9 Å². The van der Waals surface area contributed by atoms with Crippen LogP contribution < -0.4 is 15.6 Å². The third-order valence-corrected chi connectivity index (χ3v) is 4.53. The molecule has 0 radical (unpaired) electrons. The standard InChI is InChI=1S/C18H23FN4O3/c1-10-8-22(6-5-20-10)16-13(19)7-11-14(24)12(17(25)26)9-23(15(11)21-16)18(2,3)4/h7,9-10,20H,5-6,8H2,1-4H3,(H,25,26)/t10-/m0/s1. The first kappa shape index (κ1) is 18.3. The zero-order valence-corrected chi connectivity index (χ0v) is 15.3. The number of carboxylic acid groups (broad SMARTS) is 1. The van der Waals surface area contributed by atoms with E-state index in [0.29, 0.717) is 19.6 Å². The number of anilines is 1. The Labute approximate surface area is 150 Å². The van der Waals surface area contributed by atoms with Crippen LogP contribution in [0.4, 0.5) is 10.2 Å². The molecule has 0 unspecified atom stereocenters. The van der Waals surface area contributed by atoms with Crippen LogP contribution in [-0.4, -0.2) is 46.3 Å². The number of rotatable bonds is 2. The van der Waals surface area contributed by atoms with Crippen LogP contribution in [0.25, 0.3) is 11.0 Å². The lowest BCUT2D eigenvalue weighted by Gasteiger charge is -2.33. The smallest absolute Gasteiger partial charge is 0.341 e. The molecule has 7 nitrogen and oxygen atoms in total. The minimum Gasteiger partial charge on any atom is -0.477 e. The highest BCUT2D eigenvalue weighted by Gasteiger charge is 2.26. The average molecular weight is 362 g/mol. The van der Waals surface area contributed by atoms with Gasteiger partial charge in [-0.1, -0.05) is 0 Å². The summed E-state index contributed by atoms with van der Waals surface area (Å²) in [4.78, 5) is 30.3. The van der Waals surface area contributed by atoms with Crippen molar-refractivity contribution in [3.63, 3.8) is 0 Å². The summed E-state index contributed by atoms with van der Waals surface area (Å²) in [6, 6.07) is 1.31.